The Kier molecular flexibility index (Phi) is 2.33. The number of amides is 1. The van der Waals surface area contributed by atoms with Gasteiger partial charge >= 0.3 is 6.09 Å². The topological polar surface area (TPSA) is 38.3 Å². The van der Waals surface area contributed by atoms with Gasteiger partial charge in [-0.1, -0.05) is 24.6 Å². The minimum absolute atomic E-state index is 0.229. The fourth-order valence-corrected chi connectivity index (χ4v) is 1.88. The summed E-state index contributed by atoms with van der Waals surface area (Å²) in [6.07, 6.45) is 0.0866. The number of carbonyl (C=O) groups is 1. The Morgan fingerprint density at radius 1 is 1.57 bits per heavy atom. The van der Waals surface area contributed by atoms with Gasteiger partial charge in [-0.05, 0) is 18.6 Å². The van der Waals surface area contributed by atoms with E-state index in [-0.39, 0.29) is 6.10 Å². The standard InChI is InChI=1S/C10H10ClNO2/c1-2-8-9-6(11)4-3-5-7(9)12-10(13)14-8/h3-5,8H,2H2,1H3,(H,12,13). The Morgan fingerprint density at radius 3 is 3.07 bits per heavy atom. The number of halogens is 1. The number of anilines is 1. The van der Waals surface area contributed by atoms with Crippen LogP contribution in [0.15, 0.2) is 18.2 Å². The van der Waals surface area contributed by atoms with Crippen LogP contribution < -0.4 is 5.32 Å². The molecule has 0 aliphatic carbocycles. The van der Waals surface area contributed by atoms with Gasteiger partial charge in [-0.25, -0.2) is 4.79 Å². The lowest BCUT2D eigenvalue weighted by Gasteiger charge is -2.26. The lowest BCUT2D eigenvalue weighted by Crippen LogP contribution is -2.24. The Balaban J connectivity index is 2.51. The predicted octanol–water partition coefficient (Wildman–Crippen LogP) is 3.35. The van der Waals surface area contributed by atoms with Crippen LogP contribution in [0.4, 0.5) is 10.5 Å². The number of hydrogen-bond donors (Lipinski definition) is 1. The van der Waals surface area contributed by atoms with E-state index in [9.17, 15) is 4.79 Å². The van der Waals surface area contributed by atoms with Crippen molar-refractivity contribution in [3.8, 4) is 0 Å². The highest BCUT2D eigenvalue weighted by atomic mass is 35.5. The van der Waals surface area contributed by atoms with Crippen molar-refractivity contribution in [1.29, 1.82) is 0 Å². The largest absolute Gasteiger partial charge is 0.441 e. The Labute approximate surface area is 87.0 Å². The number of rotatable bonds is 1. The highest BCUT2D eigenvalue weighted by Crippen LogP contribution is 2.37. The van der Waals surface area contributed by atoms with E-state index >= 15 is 0 Å². The van der Waals surface area contributed by atoms with E-state index in [1.807, 2.05) is 13.0 Å². The molecule has 1 unspecified atom stereocenters. The van der Waals surface area contributed by atoms with Gasteiger partial charge in [-0.2, -0.15) is 0 Å². The minimum atomic E-state index is -0.411. The number of benzene rings is 1. The van der Waals surface area contributed by atoms with Crippen molar-refractivity contribution in [2.75, 3.05) is 5.32 Å². The summed E-state index contributed by atoms with van der Waals surface area (Å²) >= 11 is 6.03. The van der Waals surface area contributed by atoms with Crippen LogP contribution in [0.1, 0.15) is 25.0 Å². The van der Waals surface area contributed by atoms with Crippen molar-refractivity contribution in [3.63, 3.8) is 0 Å². The monoisotopic (exact) mass is 211 g/mol. The van der Waals surface area contributed by atoms with Crippen molar-refractivity contribution in [3.05, 3.63) is 28.8 Å². The van der Waals surface area contributed by atoms with Gasteiger partial charge in [-0.3, -0.25) is 5.32 Å². The molecule has 74 valence electrons. The van der Waals surface area contributed by atoms with Crippen molar-refractivity contribution in [2.24, 2.45) is 0 Å². The third-order valence-corrected chi connectivity index (χ3v) is 2.56. The third kappa shape index (κ3) is 1.44. The van der Waals surface area contributed by atoms with E-state index in [0.717, 1.165) is 17.7 Å². The SMILES string of the molecule is CCC1OC(=O)Nc2cccc(Cl)c21. The summed E-state index contributed by atoms with van der Waals surface area (Å²) in [5, 5.41) is 3.25. The highest BCUT2D eigenvalue weighted by molar-refractivity contribution is 6.32. The number of hydrogen-bond acceptors (Lipinski definition) is 2. The molecule has 0 saturated carbocycles. The van der Waals surface area contributed by atoms with Crippen LogP contribution in [-0.2, 0) is 4.74 Å². The second-order valence-corrected chi connectivity index (χ2v) is 3.54. The number of fused-ring (bicyclic) bond motifs is 1. The number of nitrogens with one attached hydrogen (secondary N) is 1. The molecule has 1 N–H and O–H groups in total. The van der Waals surface area contributed by atoms with Crippen LogP contribution >= 0.6 is 11.6 Å². The maximum absolute atomic E-state index is 11.1. The number of carbonyl (C=O) groups excluding carboxylic acids is 1. The first kappa shape index (κ1) is 9.34. The van der Waals surface area contributed by atoms with Crippen LogP contribution in [0.5, 0.6) is 0 Å². The van der Waals surface area contributed by atoms with Gasteiger partial charge in [0.25, 0.3) is 0 Å². The molecule has 3 nitrogen and oxygen atoms in total. The Bertz CT molecular complexity index is 378. The first-order valence-corrected chi connectivity index (χ1v) is 4.86. The Morgan fingerprint density at radius 2 is 2.36 bits per heavy atom. The Hall–Kier alpha value is -1.22. The van der Waals surface area contributed by atoms with Gasteiger partial charge in [0.05, 0.1) is 5.69 Å². The molecule has 0 radical (unpaired) electrons. The molecule has 14 heavy (non-hydrogen) atoms. The maximum Gasteiger partial charge on any atom is 0.412 e. The molecule has 2 rings (SSSR count). The van der Waals surface area contributed by atoms with Crippen LogP contribution in [-0.4, -0.2) is 6.09 Å². The number of ether oxygens (including phenoxy) is 1. The van der Waals surface area contributed by atoms with Gasteiger partial charge in [0.2, 0.25) is 0 Å². The van der Waals surface area contributed by atoms with E-state index < -0.39 is 6.09 Å². The summed E-state index contributed by atoms with van der Waals surface area (Å²) < 4.78 is 5.11. The molecule has 0 fully saturated rings. The highest BCUT2D eigenvalue weighted by Gasteiger charge is 2.26. The molecule has 1 aromatic rings. The lowest BCUT2D eigenvalue weighted by atomic mass is 10.0. The molecule has 1 aliphatic heterocycles. The van der Waals surface area contributed by atoms with Gasteiger partial charge in [0.1, 0.15) is 6.10 Å². The average molecular weight is 212 g/mol. The van der Waals surface area contributed by atoms with Crippen LogP contribution in [0.25, 0.3) is 0 Å². The number of cyclic esters (lactones) is 1. The molecule has 4 heteroatoms. The summed E-state index contributed by atoms with van der Waals surface area (Å²) in [6, 6.07) is 5.42. The molecule has 1 heterocycles. The normalized spacial score (nSPS) is 19.6. The second kappa shape index (κ2) is 3.50. The molecular weight excluding hydrogens is 202 g/mol. The summed E-state index contributed by atoms with van der Waals surface area (Å²) in [4.78, 5) is 11.1. The second-order valence-electron chi connectivity index (χ2n) is 3.13. The molecule has 1 aromatic carbocycles. The van der Waals surface area contributed by atoms with Gasteiger partial charge in [0, 0.05) is 10.6 Å². The van der Waals surface area contributed by atoms with Gasteiger partial charge in [0.15, 0.2) is 0 Å². The summed E-state index contributed by atoms with van der Waals surface area (Å²) in [6.45, 7) is 1.95. The van der Waals surface area contributed by atoms with E-state index in [1.54, 1.807) is 12.1 Å². The zero-order chi connectivity index (χ0) is 10.1. The summed E-state index contributed by atoms with van der Waals surface area (Å²) in [7, 11) is 0. The van der Waals surface area contributed by atoms with Crippen LogP contribution in [0, 0.1) is 0 Å². The maximum atomic E-state index is 11.1. The smallest absolute Gasteiger partial charge is 0.412 e. The van der Waals surface area contributed by atoms with Gasteiger partial charge in [-0.15, -0.1) is 0 Å². The van der Waals surface area contributed by atoms with E-state index in [2.05, 4.69) is 5.32 Å². The van der Waals surface area contributed by atoms with Crippen molar-refractivity contribution < 1.29 is 9.53 Å². The lowest BCUT2D eigenvalue weighted by molar-refractivity contribution is 0.104. The summed E-state index contributed by atoms with van der Waals surface area (Å²) in [5.74, 6) is 0. The minimum Gasteiger partial charge on any atom is -0.441 e. The fraction of sp³-hybridized carbons (Fsp3) is 0.300. The molecular formula is C10H10ClNO2. The van der Waals surface area contributed by atoms with Crippen molar-refractivity contribution in [2.45, 2.75) is 19.4 Å². The average Bonchev–Trinajstić information content (AvgIpc) is 2.16. The molecule has 0 saturated heterocycles. The van der Waals surface area contributed by atoms with Gasteiger partial charge < -0.3 is 4.74 Å². The van der Waals surface area contributed by atoms with Crippen molar-refractivity contribution in [1.82, 2.24) is 0 Å². The molecule has 0 spiro atoms. The van der Waals surface area contributed by atoms with Crippen LogP contribution in [0.2, 0.25) is 5.02 Å². The molecule has 1 atom stereocenters. The molecule has 1 aliphatic rings. The zero-order valence-electron chi connectivity index (χ0n) is 7.71. The predicted molar refractivity (Wildman–Crippen MR) is 54.6 cm³/mol. The van der Waals surface area contributed by atoms with Crippen molar-refractivity contribution >= 4 is 23.4 Å². The summed E-state index contributed by atoms with van der Waals surface area (Å²) in [5.41, 5.74) is 1.62. The third-order valence-electron chi connectivity index (χ3n) is 2.23. The molecule has 0 bridgehead atoms. The first-order chi connectivity index (χ1) is 6.72. The molecule has 0 aromatic heterocycles. The van der Waals surface area contributed by atoms with E-state index in [1.165, 1.54) is 0 Å². The fourth-order valence-electron chi connectivity index (χ4n) is 1.59. The molecule has 1 amide bonds. The van der Waals surface area contributed by atoms with E-state index in [4.69, 9.17) is 16.3 Å². The first-order valence-electron chi connectivity index (χ1n) is 4.48. The van der Waals surface area contributed by atoms with Crippen LogP contribution in [0.3, 0.4) is 0 Å². The van der Waals surface area contributed by atoms with E-state index in [0.29, 0.717) is 5.02 Å². The zero-order valence-corrected chi connectivity index (χ0v) is 8.47. The quantitative estimate of drug-likeness (QED) is 0.774.